The normalized spacial score (nSPS) is 16.1. The van der Waals surface area contributed by atoms with E-state index in [0.717, 1.165) is 74.9 Å². The first kappa shape index (κ1) is 26.0. The molecule has 1 aliphatic carbocycles. The van der Waals surface area contributed by atoms with Crippen LogP contribution in [0.1, 0.15) is 54.0 Å². The third-order valence-corrected chi connectivity index (χ3v) is 7.80. The van der Waals surface area contributed by atoms with Gasteiger partial charge in [-0.25, -0.2) is 9.97 Å². The minimum Gasteiger partial charge on any atom is -0.399 e. The van der Waals surface area contributed by atoms with Crippen LogP contribution in [-0.4, -0.2) is 50.6 Å². The number of piperazine rings is 1. The van der Waals surface area contributed by atoms with Crippen molar-refractivity contribution < 1.29 is 0 Å². The second kappa shape index (κ2) is 11.5. The Morgan fingerprint density at radius 2 is 1.90 bits per heavy atom. The number of hydrogen-bond acceptors (Lipinski definition) is 8. The average molecular weight is 535 g/mol. The smallest absolute Gasteiger partial charge is 0.268 e. The average Bonchev–Trinajstić information content (AvgIpc) is 3.49. The molecule has 2 aliphatic rings. The van der Waals surface area contributed by atoms with Gasteiger partial charge in [0.15, 0.2) is 0 Å². The molecule has 204 valence electrons. The summed E-state index contributed by atoms with van der Waals surface area (Å²) >= 11 is 0. The molecule has 1 aliphatic heterocycles. The van der Waals surface area contributed by atoms with E-state index in [2.05, 4.69) is 43.4 Å². The Balaban J connectivity index is 1.33. The van der Waals surface area contributed by atoms with Crippen LogP contribution in [0.2, 0.25) is 0 Å². The van der Waals surface area contributed by atoms with E-state index in [1.165, 1.54) is 5.56 Å². The van der Waals surface area contributed by atoms with Crippen LogP contribution >= 0.6 is 0 Å². The number of hydrogen-bond donors (Lipinski definition) is 3. The van der Waals surface area contributed by atoms with Crippen molar-refractivity contribution in [1.29, 1.82) is 0 Å². The van der Waals surface area contributed by atoms with Gasteiger partial charge in [0.05, 0.1) is 5.56 Å². The molecule has 0 unspecified atom stereocenters. The molecule has 0 radical (unpaired) electrons. The molecule has 6 rings (SSSR count). The van der Waals surface area contributed by atoms with Crippen molar-refractivity contribution in [1.82, 2.24) is 29.7 Å². The molecule has 0 bridgehead atoms. The van der Waals surface area contributed by atoms with Gasteiger partial charge in [-0.05, 0) is 55.2 Å². The molecular weight excluding hydrogens is 500 g/mol. The summed E-state index contributed by atoms with van der Waals surface area (Å²) in [5.41, 5.74) is 10.3. The fourth-order valence-electron chi connectivity index (χ4n) is 5.63. The van der Waals surface area contributed by atoms with Crippen molar-refractivity contribution in [3.8, 4) is 11.8 Å². The lowest BCUT2D eigenvalue weighted by Crippen LogP contribution is -2.42. The number of nitrogens with two attached hydrogens (primary N) is 1. The summed E-state index contributed by atoms with van der Waals surface area (Å²) in [4.78, 5) is 30.3. The molecule has 0 atom stereocenters. The topological polar surface area (TPSA) is 114 Å². The number of anilines is 3. The predicted octanol–water partition coefficient (Wildman–Crippen LogP) is 3.74. The van der Waals surface area contributed by atoms with E-state index >= 15 is 0 Å². The molecule has 4 heterocycles. The summed E-state index contributed by atoms with van der Waals surface area (Å²) in [6.07, 6.45) is 7.77. The fraction of sp³-hybridized carbons (Fsp3) is 0.355. The second-order valence-electron chi connectivity index (χ2n) is 10.6. The standard InChI is InChI=1S/C31H34N8O/c1-21-26(11-9-22-5-4-6-24(32)17-22)30(40)39(25-7-2-3-8-25)29-27(21)19-35-31(37-29)36-28-12-10-23(18-34-28)20-38-15-13-33-14-16-38/h4-6,10,12,17-19,25,33H,2-3,7-8,13-16,20,32H2,1H3,(H,34,35,36,37). The first-order valence-electron chi connectivity index (χ1n) is 14.0. The highest BCUT2D eigenvalue weighted by molar-refractivity contribution is 5.82. The molecule has 4 N–H and O–H groups in total. The maximum atomic E-state index is 13.9. The lowest BCUT2D eigenvalue weighted by atomic mass is 10.1. The highest BCUT2D eigenvalue weighted by Crippen LogP contribution is 2.32. The molecule has 9 heteroatoms. The van der Waals surface area contributed by atoms with Crippen LogP contribution in [0.15, 0.2) is 53.6 Å². The maximum absolute atomic E-state index is 13.9. The maximum Gasteiger partial charge on any atom is 0.268 e. The van der Waals surface area contributed by atoms with E-state index in [1.54, 1.807) is 6.20 Å². The van der Waals surface area contributed by atoms with Gasteiger partial charge in [0, 0.05) is 67.8 Å². The Hall–Kier alpha value is -4.26. The second-order valence-corrected chi connectivity index (χ2v) is 10.6. The van der Waals surface area contributed by atoms with Crippen LogP contribution in [-0.2, 0) is 6.54 Å². The summed E-state index contributed by atoms with van der Waals surface area (Å²) in [7, 11) is 0. The van der Waals surface area contributed by atoms with Crippen LogP contribution < -0.4 is 21.9 Å². The van der Waals surface area contributed by atoms with Gasteiger partial charge in [0.2, 0.25) is 5.95 Å². The van der Waals surface area contributed by atoms with E-state index in [1.807, 2.05) is 48.0 Å². The Labute approximate surface area is 233 Å². The Morgan fingerprint density at radius 1 is 1.07 bits per heavy atom. The number of nitrogens with one attached hydrogen (secondary N) is 2. The molecule has 1 saturated carbocycles. The monoisotopic (exact) mass is 534 g/mol. The van der Waals surface area contributed by atoms with Crippen LogP contribution in [0.5, 0.6) is 0 Å². The van der Waals surface area contributed by atoms with Crippen molar-refractivity contribution in [3.05, 3.63) is 81.4 Å². The van der Waals surface area contributed by atoms with Crippen molar-refractivity contribution >= 4 is 28.5 Å². The molecule has 2 fully saturated rings. The lowest BCUT2D eigenvalue weighted by Gasteiger charge is -2.27. The zero-order chi connectivity index (χ0) is 27.5. The summed E-state index contributed by atoms with van der Waals surface area (Å²) in [5.74, 6) is 7.35. The zero-order valence-corrected chi connectivity index (χ0v) is 22.8. The first-order chi connectivity index (χ1) is 19.5. The first-order valence-corrected chi connectivity index (χ1v) is 14.0. The number of nitrogen functional groups attached to an aromatic ring is 1. The van der Waals surface area contributed by atoms with Crippen LogP contribution in [0, 0.1) is 18.8 Å². The Kier molecular flexibility index (Phi) is 7.45. The largest absolute Gasteiger partial charge is 0.399 e. The Morgan fingerprint density at radius 3 is 2.65 bits per heavy atom. The number of rotatable bonds is 5. The van der Waals surface area contributed by atoms with Crippen LogP contribution in [0.25, 0.3) is 11.0 Å². The highest BCUT2D eigenvalue weighted by atomic mass is 16.1. The van der Waals surface area contributed by atoms with E-state index in [9.17, 15) is 4.79 Å². The van der Waals surface area contributed by atoms with Gasteiger partial charge in [-0.15, -0.1) is 0 Å². The van der Waals surface area contributed by atoms with Gasteiger partial charge >= 0.3 is 0 Å². The molecule has 0 amide bonds. The molecule has 3 aromatic heterocycles. The summed E-state index contributed by atoms with van der Waals surface area (Å²) in [6, 6.07) is 11.5. The summed E-state index contributed by atoms with van der Waals surface area (Å²) in [5, 5.41) is 7.45. The van der Waals surface area contributed by atoms with Gasteiger partial charge in [-0.3, -0.25) is 14.3 Å². The molecule has 40 heavy (non-hydrogen) atoms. The Bertz CT molecular complexity index is 1640. The van der Waals surface area contributed by atoms with Crippen molar-refractivity contribution in [3.63, 3.8) is 0 Å². The molecule has 1 aromatic carbocycles. The molecule has 4 aromatic rings. The minimum atomic E-state index is -0.103. The number of pyridine rings is 2. The molecule has 0 spiro atoms. The predicted molar refractivity (Wildman–Crippen MR) is 159 cm³/mol. The third kappa shape index (κ3) is 5.55. The van der Waals surface area contributed by atoms with Gasteiger partial charge in [-0.2, -0.15) is 4.98 Å². The fourth-order valence-corrected chi connectivity index (χ4v) is 5.63. The van der Waals surface area contributed by atoms with E-state index in [4.69, 9.17) is 10.7 Å². The molecular formula is C31H34N8O. The number of fused-ring (bicyclic) bond motifs is 1. The van der Waals surface area contributed by atoms with Crippen LogP contribution in [0.3, 0.4) is 0 Å². The summed E-state index contributed by atoms with van der Waals surface area (Å²) < 4.78 is 1.84. The molecule has 1 saturated heterocycles. The third-order valence-electron chi connectivity index (χ3n) is 7.80. The number of aryl methyl sites for hydroxylation is 1. The van der Waals surface area contributed by atoms with Gasteiger partial charge in [-0.1, -0.05) is 36.8 Å². The van der Waals surface area contributed by atoms with Gasteiger partial charge in [0.25, 0.3) is 5.56 Å². The van der Waals surface area contributed by atoms with Crippen molar-refractivity contribution in [2.75, 3.05) is 37.2 Å². The van der Waals surface area contributed by atoms with E-state index < -0.39 is 0 Å². The van der Waals surface area contributed by atoms with Crippen molar-refractivity contribution in [2.24, 2.45) is 0 Å². The van der Waals surface area contributed by atoms with Gasteiger partial charge < -0.3 is 16.4 Å². The summed E-state index contributed by atoms with van der Waals surface area (Å²) in [6.45, 7) is 6.93. The minimum absolute atomic E-state index is 0.0914. The van der Waals surface area contributed by atoms with Crippen molar-refractivity contribution in [2.45, 2.75) is 45.2 Å². The number of benzene rings is 1. The molecule has 9 nitrogen and oxygen atoms in total. The van der Waals surface area contributed by atoms with Gasteiger partial charge in [0.1, 0.15) is 11.5 Å². The quantitative estimate of drug-likeness (QED) is 0.262. The SMILES string of the molecule is Cc1c(C#Cc2cccc(N)c2)c(=O)n(C2CCCC2)c2nc(Nc3ccc(CN4CCNCC4)cn3)ncc12. The number of nitrogens with zero attached hydrogens (tertiary/aromatic N) is 5. The zero-order valence-electron chi connectivity index (χ0n) is 22.8. The number of aromatic nitrogens is 4. The van der Waals surface area contributed by atoms with E-state index in [0.29, 0.717) is 28.7 Å². The highest BCUT2D eigenvalue weighted by Gasteiger charge is 2.24. The van der Waals surface area contributed by atoms with E-state index in [-0.39, 0.29) is 11.6 Å². The van der Waals surface area contributed by atoms with Crippen LogP contribution in [0.4, 0.5) is 17.5 Å². The lowest BCUT2D eigenvalue weighted by molar-refractivity contribution is 0.233.